The van der Waals surface area contributed by atoms with E-state index in [0.717, 1.165) is 79.6 Å². The minimum Gasteiger partial charge on any atom is -0.501 e. The lowest BCUT2D eigenvalue weighted by atomic mass is 9.96. The zero-order valence-electron chi connectivity index (χ0n) is 23.0. The van der Waals surface area contributed by atoms with Crippen molar-refractivity contribution in [1.82, 2.24) is 19.6 Å². The number of hydrogen-bond acceptors (Lipinski definition) is 8. The number of aliphatic imine (C=N–C) groups is 2. The highest BCUT2D eigenvalue weighted by atomic mass is 16.5. The van der Waals surface area contributed by atoms with Gasteiger partial charge in [0.1, 0.15) is 11.5 Å². The largest absolute Gasteiger partial charge is 0.501 e. The summed E-state index contributed by atoms with van der Waals surface area (Å²) in [6, 6.07) is 2.49. The highest BCUT2D eigenvalue weighted by Gasteiger charge is 2.31. The summed E-state index contributed by atoms with van der Waals surface area (Å²) in [4.78, 5) is 14.6. The average Bonchev–Trinajstić information content (AvgIpc) is 3.62. The van der Waals surface area contributed by atoms with Gasteiger partial charge >= 0.3 is 0 Å². The Morgan fingerprint density at radius 2 is 2.18 bits per heavy atom. The van der Waals surface area contributed by atoms with E-state index in [0.29, 0.717) is 0 Å². The number of fused-ring (bicyclic) bond motifs is 1. The minimum absolute atomic E-state index is 0.0182. The molecule has 0 radical (unpaired) electrons. The van der Waals surface area contributed by atoms with Crippen LogP contribution in [0.1, 0.15) is 24.8 Å². The number of allylic oxidation sites excluding steroid dienone is 2. The van der Waals surface area contributed by atoms with Crippen molar-refractivity contribution in [3.8, 4) is 6.07 Å². The molecule has 0 saturated carbocycles. The molecule has 1 aromatic rings. The molecule has 3 heterocycles. The molecule has 204 valence electrons. The van der Waals surface area contributed by atoms with Gasteiger partial charge in [0, 0.05) is 68.8 Å². The van der Waals surface area contributed by atoms with Gasteiger partial charge in [-0.15, -0.1) is 6.58 Å². The normalized spacial score (nSPS) is 25.3. The number of rotatable bonds is 10. The standard InChI is InChI=1S/C30H37N7O2/c1-5-21(17-36-9-8-22(14-31)18-36)19-37(25-10-26(38-3)13-27(11-25)39-4)24-6-7-28-29(12-24)34-30(16-32-28)23-15-33-35(2)20-23/h5-6,10,12-13,15-16,20-22,25,28H,1,7-9,11,17-19H2,2-4H3. The molecule has 39 heavy (non-hydrogen) atoms. The Balaban J connectivity index is 1.43. The van der Waals surface area contributed by atoms with Crippen molar-refractivity contribution < 1.29 is 9.47 Å². The summed E-state index contributed by atoms with van der Waals surface area (Å²) in [5.74, 6) is 2.01. The molecule has 4 unspecified atom stereocenters. The topological polar surface area (TPSA) is 91.3 Å². The molecule has 9 nitrogen and oxygen atoms in total. The predicted molar refractivity (Wildman–Crippen MR) is 152 cm³/mol. The first kappa shape index (κ1) is 26.7. The summed E-state index contributed by atoms with van der Waals surface area (Å²) in [6.07, 6.45) is 18.7. The van der Waals surface area contributed by atoms with E-state index < -0.39 is 0 Å². The van der Waals surface area contributed by atoms with E-state index in [1.165, 1.54) is 0 Å². The fraction of sp³-hybridized carbons (Fsp3) is 0.467. The summed E-state index contributed by atoms with van der Waals surface area (Å²) in [6.45, 7) is 7.61. The van der Waals surface area contributed by atoms with Gasteiger partial charge in [-0.1, -0.05) is 12.2 Å². The average molecular weight is 528 g/mol. The van der Waals surface area contributed by atoms with E-state index >= 15 is 0 Å². The zero-order valence-corrected chi connectivity index (χ0v) is 23.0. The smallest absolute Gasteiger partial charge is 0.120 e. The Kier molecular flexibility index (Phi) is 8.13. The first-order valence-corrected chi connectivity index (χ1v) is 13.5. The van der Waals surface area contributed by atoms with Crippen LogP contribution in [-0.4, -0.2) is 84.0 Å². The second-order valence-corrected chi connectivity index (χ2v) is 10.5. The van der Waals surface area contributed by atoms with Gasteiger partial charge in [-0.05, 0) is 31.5 Å². The maximum atomic E-state index is 9.37. The molecule has 1 aromatic heterocycles. The Morgan fingerprint density at radius 1 is 1.31 bits per heavy atom. The number of hydrogen-bond donors (Lipinski definition) is 0. The molecule has 0 bridgehead atoms. The summed E-state index contributed by atoms with van der Waals surface area (Å²) in [7, 11) is 5.30. The highest BCUT2D eigenvalue weighted by Crippen LogP contribution is 2.32. The van der Waals surface area contributed by atoms with Crippen LogP contribution in [0.4, 0.5) is 0 Å². The van der Waals surface area contributed by atoms with Crippen LogP contribution < -0.4 is 0 Å². The van der Waals surface area contributed by atoms with Crippen LogP contribution in [0.15, 0.2) is 82.2 Å². The number of likely N-dealkylation sites (tertiary alicyclic amines) is 1. The molecule has 1 fully saturated rings. The van der Waals surface area contributed by atoms with Crippen LogP contribution >= 0.6 is 0 Å². The first-order chi connectivity index (χ1) is 19.0. The number of methoxy groups -OCH3 is 2. The van der Waals surface area contributed by atoms with Gasteiger partial charge in [-0.25, -0.2) is 4.99 Å². The van der Waals surface area contributed by atoms with Gasteiger partial charge in [-0.2, -0.15) is 10.4 Å². The van der Waals surface area contributed by atoms with E-state index in [1.54, 1.807) is 18.9 Å². The zero-order chi connectivity index (χ0) is 27.4. The van der Waals surface area contributed by atoms with E-state index in [4.69, 9.17) is 19.5 Å². The minimum atomic E-state index is 0.0182. The fourth-order valence-corrected chi connectivity index (χ4v) is 5.64. The number of ether oxygens (including phenoxy) is 2. The summed E-state index contributed by atoms with van der Waals surface area (Å²) >= 11 is 0. The van der Waals surface area contributed by atoms with Crippen LogP contribution in [0.3, 0.4) is 0 Å². The lowest BCUT2D eigenvalue weighted by Crippen LogP contribution is -2.41. The molecule has 0 amide bonds. The summed E-state index contributed by atoms with van der Waals surface area (Å²) < 4.78 is 13.1. The molecule has 1 saturated heterocycles. The van der Waals surface area contributed by atoms with Gasteiger partial charge in [-0.3, -0.25) is 9.67 Å². The van der Waals surface area contributed by atoms with Crippen molar-refractivity contribution in [2.45, 2.75) is 31.3 Å². The molecule has 0 aromatic carbocycles. The number of nitriles is 1. The molecule has 9 heteroatoms. The first-order valence-electron chi connectivity index (χ1n) is 13.5. The molecule has 0 N–H and O–H groups in total. The molecular formula is C30H37N7O2. The second kappa shape index (κ2) is 11.9. The fourth-order valence-electron chi connectivity index (χ4n) is 5.64. The van der Waals surface area contributed by atoms with Crippen molar-refractivity contribution >= 4 is 11.9 Å². The predicted octanol–water partition coefficient (Wildman–Crippen LogP) is 3.62. The highest BCUT2D eigenvalue weighted by molar-refractivity contribution is 6.38. The molecular weight excluding hydrogens is 490 g/mol. The van der Waals surface area contributed by atoms with Gasteiger partial charge in [0.05, 0.1) is 55.9 Å². The summed E-state index contributed by atoms with van der Waals surface area (Å²) in [5.41, 5.74) is 3.85. The molecule has 4 aliphatic rings. The Bertz CT molecular complexity index is 1310. The van der Waals surface area contributed by atoms with Crippen LogP contribution in [0, 0.1) is 23.2 Å². The molecule has 0 spiro atoms. The molecule has 2 aliphatic carbocycles. The third kappa shape index (κ3) is 6.07. The van der Waals surface area contributed by atoms with Gasteiger partial charge in [0.15, 0.2) is 0 Å². The SMILES string of the molecule is C=CC(CN1CCC(C#N)C1)CN(C1=CCC2N=CC(c3cnn(C)c3)=NC2=C1)C1C=C(OC)C=C(OC)C1. The number of aromatic nitrogens is 2. The quantitative estimate of drug-likeness (QED) is 0.432. The van der Waals surface area contributed by atoms with Crippen LogP contribution in [-0.2, 0) is 16.5 Å². The molecule has 2 aliphatic heterocycles. The third-order valence-electron chi connectivity index (χ3n) is 7.83. The van der Waals surface area contributed by atoms with Gasteiger partial charge in [0.2, 0.25) is 0 Å². The van der Waals surface area contributed by atoms with Crippen LogP contribution in [0.5, 0.6) is 0 Å². The lowest BCUT2D eigenvalue weighted by Gasteiger charge is -2.39. The Hall–Kier alpha value is -3.90. The third-order valence-corrected chi connectivity index (χ3v) is 7.83. The second-order valence-electron chi connectivity index (χ2n) is 10.5. The monoisotopic (exact) mass is 527 g/mol. The molecule has 4 atom stereocenters. The van der Waals surface area contributed by atoms with Crippen molar-refractivity contribution in [2.75, 3.05) is 40.4 Å². The van der Waals surface area contributed by atoms with Gasteiger partial charge in [0.25, 0.3) is 0 Å². The van der Waals surface area contributed by atoms with Crippen molar-refractivity contribution in [2.24, 2.45) is 28.9 Å². The maximum Gasteiger partial charge on any atom is 0.120 e. The van der Waals surface area contributed by atoms with Crippen molar-refractivity contribution in [3.05, 3.63) is 77.8 Å². The van der Waals surface area contributed by atoms with Crippen molar-refractivity contribution in [3.63, 3.8) is 0 Å². The number of nitrogens with zero attached hydrogens (tertiary/aromatic N) is 7. The van der Waals surface area contributed by atoms with Crippen molar-refractivity contribution in [1.29, 1.82) is 5.26 Å². The van der Waals surface area contributed by atoms with E-state index in [2.05, 4.69) is 45.8 Å². The van der Waals surface area contributed by atoms with Crippen LogP contribution in [0.25, 0.3) is 0 Å². The van der Waals surface area contributed by atoms with E-state index in [9.17, 15) is 5.26 Å². The summed E-state index contributed by atoms with van der Waals surface area (Å²) in [5, 5.41) is 13.7. The maximum absolute atomic E-state index is 9.37. The Morgan fingerprint density at radius 3 is 2.87 bits per heavy atom. The Labute approximate surface area is 230 Å². The lowest BCUT2D eigenvalue weighted by molar-refractivity contribution is 0.190. The van der Waals surface area contributed by atoms with E-state index in [1.807, 2.05) is 37.8 Å². The van der Waals surface area contributed by atoms with Gasteiger partial charge < -0.3 is 19.3 Å². The van der Waals surface area contributed by atoms with E-state index in [-0.39, 0.29) is 23.9 Å². The van der Waals surface area contributed by atoms with Crippen LogP contribution in [0.2, 0.25) is 0 Å². The molecule has 5 rings (SSSR count). The number of aryl methyl sites for hydroxylation is 1.